The van der Waals surface area contributed by atoms with Crippen molar-refractivity contribution >= 4 is 17.7 Å². The van der Waals surface area contributed by atoms with Crippen LogP contribution in [0.15, 0.2) is 35.3 Å². The van der Waals surface area contributed by atoms with Gasteiger partial charge in [0.05, 0.1) is 20.1 Å². The Morgan fingerprint density at radius 2 is 1.90 bits per heavy atom. The van der Waals surface area contributed by atoms with Gasteiger partial charge in [0.25, 0.3) is 0 Å². The van der Waals surface area contributed by atoms with Gasteiger partial charge in [0.1, 0.15) is 0 Å². The fourth-order valence-electron chi connectivity index (χ4n) is 3.43. The fourth-order valence-corrected chi connectivity index (χ4v) is 3.43. The van der Waals surface area contributed by atoms with E-state index in [2.05, 4.69) is 4.99 Å². The van der Waals surface area contributed by atoms with E-state index in [9.17, 15) is 9.59 Å². The number of esters is 2. The quantitative estimate of drug-likeness (QED) is 0.792. The lowest BCUT2D eigenvalue weighted by molar-refractivity contribution is -0.171. The van der Waals surface area contributed by atoms with Crippen LogP contribution < -0.4 is 0 Å². The number of fused-ring (bicyclic) bond motifs is 1. The van der Waals surface area contributed by atoms with Crippen molar-refractivity contribution in [3.63, 3.8) is 0 Å². The highest BCUT2D eigenvalue weighted by molar-refractivity contribution is 6.07. The molecule has 0 aromatic heterocycles. The van der Waals surface area contributed by atoms with Gasteiger partial charge in [-0.2, -0.15) is 0 Å². The van der Waals surface area contributed by atoms with Gasteiger partial charge in [-0.15, -0.1) is 0 Å². The normalized spacial score (nSPS) is 29.9. The maximum absolute atomic E-state index is 12.3. The molecule has 5 heteroatoms. The molecule has 2 aliphatic rings. The average Bonchev–Trinajstić information content (AvgIpc) is 2.81. The number of carbonyl (C=O) groups excluding carboxylic acids is 2. The van der Waals surface area contributed by atoms with Crippen molar-refractivity contribution in [1.82, 2.24) is 0 Å². The molecule has 5 nitrogen and oxygen atoms in total. The van der Waals surface area contributed by atoms with E-state index in [-0.39, 0.29) is 5.92 Å². The molecule has 1 aromatic rings. The number of ether oxygens (including phenoxy) is 2. The lowest BCUT2D eigenvalue weighted by Gasteiger charge is -2.45. The molecular weight excluding hydrogens is 270 g/mol. The van der Waals surface area contributed by atoms with Gasteiger partial charge < -0.3 is 9.47 Å². The molecule has 0 amide bonds. The highest BCUT2D eigenvalue weighted by Gasteiger charge is 2.67. The van der Waals surface area contributed by atoms with Gasteiger partial charge in [-0.3, -0.25) is 9.79 Å². The summed E-state index contributed by atoms with van der Waals surface area (Å²) < 4.78 is 9.72. The molecule has 0 saturated heterocycles. The number of benzene rings is 1. The maximum Gasteiger partial charge on any atom is 0.334 e. The summed E-state index contributed by atoms with van der Waals surface area (Å²) in [7, 11) is 2.66. The molecule has 1 aliphatic carbocycles. The van der Waals surface area contributed by atoms with E-state index in [1.54, 1.807) is 0 Å². The lowest BCUT2D eigenvalue weighted by Crippen LogP contribution is -2.61. The Labute approximate surface area is 123 Å². The molecule has 0 radical (unpaired) electrons. The van der Waals surface area contributed by atoms with Crippen molar-refractivity contribution in [2.24, 2.45) is 16.8 Å². The Morgan fingerprint density at radius 1 is 1.19 bits per heavy atom. The zero-order chi connectivity index (χ0) is 15.0. The van der Waals surface area contributed by atoms with E-state index in [4.69, 9.17) is 9.47 Å². The lowest BCUT2D eigenvalue weighted by atomic mass is 9.59. The number of methoxy groups -OCH3 is 2. The van der Waals surface area contributed by atoms with Gasteiger partial charge in [-0.25, -0.2) is 4.79 Å². The number of carbonyl (C=O) groups is 2. The first kappa shape index (κ1) is 13.8. The summed E-state index contributed by atoms with van der Waals surface area (Å²) in [5, 5.41) is 0. The van der Waals surface area contributed by atoms with Crippen LogP contribution in [0.3, 0.4) is 0 Å². The van der Waals surface area contributed by atoms with Crippen molar-refractivity contribution in [1.29, 1.82) is 0 Å². The molecule has 0 unspecified atom stereocenters. The van der Waals surface area contributed by atoms with Gasteiger partial charge in [0, 0.05) is 11.6 Å². The van der Waals surface area contributed by atoms with Crippen LogP contribution in [0.5, 0.6) is 0 Å². The van der Waals surface area contributed by atoms with Crippen LogP contribution in [-0.2, 0) is 19.1 Å². The van der Waals surface area contributed by atoms with Gasteiger partial charge in [-0.05, 0) is 18.4 Å². The smallest absolute Gasteiger partial charge is 0.334 e. The minimum atomic E-state index is -1.09. The Balaban J connectivity index is 2.00. The second kappa shape index (κ2) is 4.98. The third-order valence-corrected chi connectivity index (χ3v) is 4.54. The van der Waals surface area contributed by atoms with Gasteiger partial charge in [-0.1, -0.05) is 30.3 Å². The molecule has 1 saturated carbocycles. The number of hydrogen-bond donors (Lipinski definition) is 0. The first-order valence-electron chi connectivity index (χ1n) is 6.94. The van der Waals surface area contributed by atoms with Crippen LogP contribution in [0.2, 0.25) is 0 Å². The molecule has 3 rings (SSSR count). The molecule has 0 N–H and O–H groups in total. The van der Waals surface area contributed by atoms with Crippen LogP contribution in [0.1, 0.15) is 18.4 Å². The van der Waals surface area contributed by atoms with Crippen molar-refractivity contribution in [3.05, 3.63) is 35.9 Å². The summed E-state index contributed by atoms with van der Waals surface area (Å²) in [6.45, 7) is 0. The summed E-state index contributed by atoms with van der Waals surface area (Å²) in [4.78, 5) is 28.8. The number of rotatable bonds is 3. The predicted molar refractivity (Wildman–Crippen MR) is 76.0 cm³/mol. The molecule has 1 fully saturated rings. The molecule has 1 heterocycles. The van der Waals surface area contributed by atoms with Gasteiger partial charge >= 0.3 is 11.9 Å². The minimum Gasteiger partial charge on any atom is -0.469 e. The predicted octanol–water partition coefficient (Wildman–Crippen LogP) is 1.60. The van der Waals surface area contributed by atoms with Crippen LogP contribution in [0, 0.1) is 11.8 Å². The number of hydrogen-bond acceptors (Lipinski definition) is 5. The zero-order valence-corrected chi connectivity index (χ0v) is 12.0. The Kier molecular flexibility index (Phi) is 3.27. The third kappa shape index (κ3) is 1.87. The molecule has 21 heavy (non-hydrogen) atoms. The summed E-state index contributed by atoms with van der Waals surface area (Å²) >= 11 is 0. The fraction of sp³-hybridized carbons (Fsp3) is 0.438. The van der Waals surface area contributed by atoms with Crippen molar-refractivity contribution in [2.75, 3.05) is 14.2 Å². The number of nitrogens with zero attached hydrogens (tertiary/aromatic N) is 1. The monoisotopic (exact) mass is 287 g/mol. The SMILES string of the molecule is COC(=O)[C@H]1C[C@@H]2CC(c3ccccc3)=N[C@@]21C(=O)OC. The van der Waals surface area contributed by atoms with E-state index in [1.807, 2.05) is 30.3 Å². The molecule has 1 aliphatic heterocycles. The highest BCUT2D eigenvalue weighted by atomic mass is 16.5. The molecule has 0 bridgehead atoms. The van der Waals surface area contributed by atoms with E-state index in [0.717, 1.165) is 11.3 Å². The van der Waals surface area contributed by atoms with E-state index in [1.165, 1.54) is 14.2 Å². The van der Waals surface area contributed by atoms with Crippen LogP contribution >= 0.6 is 0 Å². The molecule has 110 valence electrons. The second-order valence-corrected chi connectivity index (χ2v) is 5.45. The Hall–Kier alpha value is -2.17. The minimum absolute atomic E-state index is 0.0178. The zero-order valence-electron chi connectivity index (χ0n) is 12.0. The van der Waals surface area contributed by atoms with Crippen LogP contribution in [-0.4, -0.2) is 37.4 Å². The topological polar surface area (TPSA) is 65.0 Å². The standard InChI is InChI=1S/C16H17NO4/c1-20-14(18)12-8-11-9-13(10-6-4-3-5-7-10)17-16(11,12)15(19)21-2/h3-7,11-12H,8-9H2,1-2H3/t11-,12-,16+/m1/s1. The van der Waals surface area contributed by atoms with E-state index >= 15 is 0 Å². The summed E-state index contributed by atoms with van der Waals surface area (Å²) in [5.41, 5.74) is 0.753. The van der Waals surface area contributed by atoms with Gasteiger partial charge in [0.2, 0.25) is 0 Å². The van der Waals surface area contributed by atoms with Crippen molar-refractivity contribution in [2.45, 2.75) is 18.4 Å². The largest absolute Gasteiger partial charge is 0.469 e. The van der Waals surface area contributed by atoms with E-state index < -0.39 is 23.4 Å². The highest BCUT2D eigenvalue weighted by Crippen LogP contribution is 2.54. The Morgan fingerprint density at radius 3 is 2.52 bits per heavy atom. The molecular formula is C16H17NO4. The van der Waals surface area contributed by atoms with E-state index in [0.29, 0.717) is 12.8 Å². The Bertz CT molecular complexity index is 610. The number of aliphatic imine (C=N–C) groups is 1. The summed E-state index contributed by atoms with van der Waals surface area (Å²) in [6.07, 6.45) is 1.30. The maximum atomic E-state index is 12.3. The second-order valence-electron chi connectivity index (χ2n) is 5.45. The molecule has 1 aromatic carbocycles. The van der Waals surface area contributed by atoms with Crippen LogP contribution in [0.25, 0.3) is 0 Å². The van der Waals surface area contributed by atoms with Gasteiger partial charge in [0.15, 0.2) is 5.54 Å². The van der Waals surface area contributed by atoms with Crippen LogP contribution in [0.4, 0.5) is 0 Å². The first-order chi connectivity index (χ1) is 10.1. The summed E-state index contributed by atoms with van der Waals surface area (Å²) in [5.74, 6) is -1.36. The first-order valence-corrected chi connectivity index (χ1v) is 6.94. The van der Waals surface area contributed by atoms with Crippen molar-refractivity contribution in [3.8, 4) is 0 Å². The molecule has 0 spiro atoms. The van der Waals surface area contributed by atoms with Crippen molar-refractivity contribution < 1.29 is 19.1 Å². The average molecular weight is 287 g/mol. The molecule has 3 atom stereocenters. The summed E-state index contributed by atoms with van der Waals surface area (Å²) in [6, 6.07) is 9.71. The third-order valence-electron chi connectivity index (χ3n) is 4.54.